The number of anilines is 2. The summed E-state index contributed by atoms with van der Waals surface area (Å²) in [4.78, 5) is 4.25. The molecule has 1 heterocycles. The lowest BCUT2D eigenvalue weighted by molar-refractivity contribution is 1.35. The fourth-order valence-corrected chi connectivity index (χ4v) is 2.20. The number of nitrogens with zero attached hydrogens (tertiary/aromatic N) is 1. The van der Waals surface area contributed by atoms with Gasteiger partial charge in [0.05, 0.1) is 15.9 Å². The van der Waals surface area contributed by atoms with Crippen molar-refractivity contribution < 1.29 is 0 Å². The highest BCUT2D eigenvalue weighted by atomic mass is 32.1. The highest BCUT2D eigenvalue weighted by Crippen LogP contribution is 2.32. The number of thiazole rings is 1. The molecule has 0 bridgehead atoms. The molecule has 1 aromatic heterocycles. The lowest BCUT2D eigenvalue weighted by Gasteiger charge is -2.02. The normalized spacial score (nSPS) is 10.9. The van der Waals surface area contributed by atoms with E-state index in [1.54, 1.807) is 0 Å². The number of hydrogen-bond acceptors (Lipinski definition) is 4. The first kappa shape index (κ1) is 8.31. The Morgan fingerprint density at radius 2 is 2.00 bits per heavy atom. The van der Waals surface area contributed by atoms with Crippen molar-refractivity contribution in [1.82, 2.24) is 4.98 Å². The van der Waals surface area contributed by atoms with Crippen LogP contribution in [0.4, 0.5) is 10.8 Å². The second-order valence-corrected chi connectivity index (χ2v) is 4.17. The van der Waals surface area contributed by atoms with E-state index in [1.165, 1.54) is 11.3 Å². The number of rotatable bonds is 0. The van der Waals surface area contributed by atoms with Crippen LogP contribution in [-0.2, 0) is 0 Å². The second kappa shape index (κ2) is 2.60. The van der Waals surface area contributed by atoms with Gasteiger partial charge in [-0.2, -0.15) is 0 Å². The Balaban J connectivity index is 2.95. The molecule has 0 radical (unpaired) electrons. The molecule has 0 fully saturated rings. The van der Waals surface area contributed by atoms with Crippen LogP contribution in [0, 0.1) is 13.8 Å². The van der Waals surface area contributed by atoms with Crippen molar-refractivity contribution in [2.75, 3.05) is 11.5 Å². The van der Waals surface area contributed by atoms with Crippen LogP contribution in [0.5, 0.6) is 0 Å². The van der Waals surface area contributed by atoms with Gasteiger partial charge in [-0.05, 0) is 31.0 Å². The van der Waals surface area contributed by atoms with Gasteiger partial charge < -0.3 is 11.5 Å². The maximum absolute atomic E-state index is 5.85. The quantitative estimate of drug-likeness (QED) is 0.629. The predicted octanol–water partition coefficient (Wildman–Crippen LogP) is 2.08. The van der Waals surface area contributed by atoms with Gasteiger partial charge in [0.1, 0.15) is 0 Å². The molecule has 2 aromatic rings. The van der Waals surface area contributed by atoms with Crippen LogP contribution in [0.2, 0.25) is 0 Å². The van der Waals surface area contributed by atoms with Crippen molar-refractivity contribution in [2.24, 2.45) is 0 Å². The molecular weight excluding hydrogens is 182 g/mol. The lowest BCUT2D eigenvalue weighted by Crippen LogP contribution is -1.90. The Morgan fingerprint density at radius 3 is 2.69 bits per heavy atom. The SMILES string of the molecule is Cc1cc(N)c2sc(N)nc2c1C. The van der Waals surface area contributed by atoms with Gasteiger partial charge in [0.25, 0.3) is 0 Å². The minimum Gasteiger partial charge on any atom is -0.398 e. The van der Waals surface area contributed by atoms with Gasteiger partial charge in [-0.1, -0.05) is 11.3 Å². The molecular formula is C9H11N3S. The van der Waals surface area contributed by atoms with Gasteiger partial charge in [-0.3, -0.25) is 0 Å². The Morgan fingerprint density at radius 1 is 1.31 bits per heavy atom. The Bertz CT molecular complexity index is 473. The summed E-state index contributed by atoms with van der Waals surface area (Å²) < 4.78 is 1.00. The van der Waals surface area contributed by atoms with Crippen LogP contribution >= 0.6 is 11.3 Å². The predicted molar refractivity (Wildman–Crippen MR) is 57.9 cm³/mol. The molecule has 0 spiro atoms. The zero-order valence-electron chi connectivity index (χ0n) is 7.59. The first-order valence-electron chi connectivity index (χ1n) is 4.01. The van der Waals surface area contributed by atoms with Gasteiger partial charge in [0, 0.05) is 0 Å². The molecule has 0 aliphatic rings. The molecule has 0 atom stereocenters. The van der Waals surface area contributed by atoms with Crippen molar-refractivity contribution in [1.29, 1.82) is 0 Å². The molecule has 2 rings (SSSR count). The fraction of sp³-hybridized carbons (Fsp3) is 0.222. The zero-order chi connectivity index (χ0) is 9.59. The van der Waals surface area contributed by atoms with E-state index < -0.39 is 0 Å². The minimum absolute atomic E-state index is 0.579. The first-order valence-corrected chi connectivity index (χ1v) is 4.83. The molecule has 4 heteroatoms. The van der Waals surface area contributed by atoms with Crippen molar-refractivity contribution in [3.8, 4) is 0 Å². The lowest BCUT2D eigenvalue weighted by atomic mass is 10.1. The van der Waals surface area contributed by atoms with Crippen LogP contribution < -0.4 is 11.5 Å². The van der Waals surface area contributed by atoms with E-state index in [-0.39, 0.29) is 0 Å². The number of benzene rings is 1. The van der Waals surface area contributed by atoms with Crippen molar-refractivity contribution in [3.05, 3.63) is 17.2 Å². The third-order valence-electron chi connectivity index (χ3n) is 2.22. The summed E-state index contributed by atoms with van der Waals surface area (Å²) in [5.41, 5.74) is 15.5. The molecule has 0 saturated heterocycles. The average molecular weight is 193 g/mol. The second-order valence-electron chi connectivity index (χ2n) is 3.14. The molecule has 0 unspecified atom stereocenters. The number of aromatic nitrogens is 1. The van der Waals surface area contributed by atoms with Gasteiger partial charge in [-0.15, -0.1) is 0 Å². The van der Waals surface area contributed by atoms with E-state index in [0.29, 0.717) is 5.13 Å². The summed E-state index contributed by atoms with van der Waals surface area (Å²) in [5, 5.41) is 0.579. The molecule has 0 saturated carbocycles. The highest BCUT2D eigenvalue weighted by Gasteiger charge is 2.09. The van der Waals surface area contributed by atoms with E-state index in [0.717, 1.165) is 27.0 Å². The van der Waals surface area contributed by atoms with E-state index in [1.807, 2.05) is 19.9 Å². The number of nitrogens with two attached hydrogens (primary N) is 2. The summed E-state index contributed by atoms with van der Waals surface area (Å²) >= 11 is 1.44. The largest absolute Gasteiger partial charge is 0.398 e. The van der Waals surface area contributed by atoms with Crippen molar-refractivity contribution in [3.63, 3.8) is 0 Å². The van der Waals surface area contributed by atoms with Crippen molar-refractivity contribution >= 4 is 32.4 Å². The third kappa shape index (κ3) is 1.14. The van der Waals surface area contributed by atoms with Gasteiger partial charge in [0.15, 0.2) is 5.13 Å². The molecule has 0 aliphatic carbocycles. The van der Waals surface area contributed by atoms with Crippen LogP contribution in [0.15, 0.2) is 6.07 Å². The van der Waals surface area contributed by atoms with Crippen LogP contribution in [0.1, 0.15) is 11.1 Å². The molecule has 1 aromatic carbocycles. The zero-order valence-corrected chi connectivity index (χ0v) is 8.40. The van der Waals surface area contributed by atoms with Gasteiger partial charge in [0.2, 0.25) is 0 Å². The average Bonchev–Trinajstić information content (AvgIpc) is 2.44. The molecule has 13 heavy (non-hydrogen) atoms. The minimum atomic E-state index is 0.579. The van der Waals surface area contributed by atoms with Crippen LogP contribution in [0.3, 0.4) is 0 Å². The fourth-order valence-electron chi connectivity index (χ4n) is 1.38. The van der Waals surface area contributed by atoms with Crippen LogP contribution in [0.25, 0.3) is 10.2 Å². The van der Waals surface area contributed by atoms with E-state index >= 15 is 0 Å². The monoisotopic (exact) mass is 193 g/mol. The third-order valence-corrected chi connectivity index (χ3v) is 3.16. The maximum Gasteiger partial charge on any atom is 0.181 e. The first-order chi connectivity index (χ1) is 6.09. The molecule has 68 valence electrons. The maximum atomic E-state index is 5.85. The standard InChI is InChI=1S/C9H11N3S/c1-4-3-6(10)8-7(5(4)2)12-9(11)13-8/h3H,10H2,1-2H3,(H2,11,12). The summed E-state index contributed by atoms with van der Waals surface area (Å²) in [6.07, 6.45) is 0. The Kier molecular flexibility index (Phi) is 1.66. The van der Waals surface area contributed by atoms with E-state index in [2.05, 4.69) is 4.98 Å². The molecule has 0 amide bonds. The number of fused-ring (bicyclic) bond motifs is 1. The number of nitrogen functional groups attached to an aromatic ring is 2. The topological polar surface area (TPSA) is 64.9 Å². The number of hydrogen-bond donors (Lipinski definition) is 2. The van der Waals surface area contributed by atoms with E-state index in [9.17, 15) is 0 Å². The highest BCUT2D eigenvalue weighted by molar-refractivity contribution is 7.22. The smallest absolute Gasteiger partial charge is 0.181 e. The van der Waals surface area contributed by atoms with Gasteiger partial charge in [-0.25, -0.2) is 4.98 Å². The molecule has 0 aliphatic heterocycles. The van der Waals surface area contributed by atoms with E-state index in [4.69, 9.17) is 11.5 Å². The van der Waals surface area contributed by atoms with Gasteiger partial charge >= 0.3 is 0 Å². The van der Waals surface area contributed by atoms with Crippen LogP contribution in [-0.4, -0.2) is 4.98 Å². The molecule has 4 N–H and O–H groups in total. The summed E-state index contributed by atoms with van der Waals surface area (Å²) in [7, 11) is 0. The Labute approximate surface area is 80.4 Å². The van der Waals surface area contributed by atoms with Crippen molar-refractivity contribution in [2.45, 2.75) is 13.8 Å². The number of aryl methyl sites for hydroxylation is 2. The Hall–Kier alpha value is -1.29. The summed E-state index contributed by atoms with van der Waals surface area (Å²) in [6, 6.07) is 1.97. The molecule has 3 nitrogen and oxygen atoms in total. The summed E-state index contributed by atoms with van der Waals surface area (Å²) in [5.74, 6) is 0. The summed E-state index contributed by atoms with van der Waals surface area (Å²) in [6.45, 7) is 4.07.